The van der Waals surface area contributed by atoms with Gasteiger partial charge in [-0.15, -0.1) is 0 Å². The lowest BCUT2D eigenvalue weighted by atomic mass is 9.85. The smallest absolute Gasteiger partial charge is 0.223 e. The topological polar surface area (TPSA) is 109 Å². The summed E-state index contributed by atoms with van der Waals surface area (Å²) in [7, 11) is 0. The molecule has 2 fully saturated rings. The summed E-state index contributed by atoms with van der Waals surface area (Å²) < 4.78 is 5.40. The van der Waals surface area contributed by atoms with Gasteiger partial charge < -0.3 is 20.4 Å². The van der Waals surface area contributed by atoms with E-state index in [1.807, 2.05) is 0 Å². The predicted molar refractivity (Wildman–Crippen MR) is 135 cm³/mol. The Kier molecular flexibility index (Phi) is 7.29. The van der Waals surface area contributed by atoms with Gasteiger partial charge in [0.25, 0.3) is 0 Å². The number of carbonyl (C=O) groups excluding carboxylic acids is 2. The summed E-state index contributed by atoms with van der Waals surface area (Å²) in [4.78, 5) is 37.8. The van der Waals surface area contributed by atoms with Gasteiger partial charge in [0.05, 0.1) is 16.0 Å². The fourth-order valence-electron chi connectivity index (χ4n) is 5.07. The summed E-state index contributed by atoms with van der Waals surface area (Å²) in [6.45, 7) is 2.33. The van der Waals surface area contributed by atoms with Crippen LogP contribution in [0.25, 0.3) is 11.0 Å². The largest absolute Gasteiger partial charge is 0.381 e. The number of aromatic nitrogens is 3. The number of nitrogens with one attached hydrogen (secondary N) is 3. The first-order valence-electron chi connectivity index (χ1n) is 12.3. The summed E-state index contributed by atoms with van der Waals surface area (Å²) in [6, 6.07) is 7.19. The van der Waals surface area contributed by atoms with Crippen LogP contribution in [0.3, 0.4) is 0 Å². The van der Waals surface area contributed by atoms with Crippen molar-refractivity contribution >= 4 is 40.1 Å². The Hall–Kier alpha value is -2.97. The van der Waals surface area contributed by atoms with E-state index in [1.165, 1.54) is 6.33 Å². The van der Waals surface area contributed by atoms with Gasteiger partial charge in [-0.1, -0.05) is 23.7 Å². The van der Waals surface area contributed by atoms with Crippen molar-refractivity contribution in [2.24, 2.45) is 11.8 Å². The number of halogens is 1. The second-order valence-electron chi connectivity index (χ2n) is 9.45. The molecule has 0 atom stereocenters. The lowest BCUT2D eigenvalue weighted by molar-refractivity contribution is -0.126. The van der Waals surface area contributed by atoms with Crippen LogP contribution in [-0.4, -0.2) is 52.4 Å². The molecule has 35 heavy (non-hydrogen) atoms. The van der Waals surface area contributed by atoms with Gasteiger partial charge in [0.15, 0.2) is 5.78 Å². The van der Waals surface area contributed by atoms with E-state index in [0.717, 1.165) is 58.3 Å². The van der Waals surface area contributed by atoms with Crippen LogP contribution in [0.1, 0.15) is 54.4 Å². The Morgan fingerprint density at radius 1 is 1.03 bits per heavy atom. The number of carbonyl (C=O) groups is 2. The first kappa shape index (κ1) is 23.8. The summed E-state index contributed by atoms with van der Waals surface area (Å²) in [5.41, 5.74) is 1.52. The highest BCUT2D eigenvalue weighted by Gasteiger charge is 2.28. The quantitative estimate of drug-likeness (QED) is 0.420. The molecule has 1 aromatic carbocycles. The number of amides is 1. The molecule has 1 amide bonds. The maximum atomic E-state index is 13.2. The number of nitrogens with zero attached hydrogens (tertiary/aromatic N) is 2. The van der Waals surface area contributed by atoms with Gasteiger partial charge in [-0.05, 0) is 56.6 Å². The van der Waals surface area contributed by atoms with Gasteiger partial charge in [0.1, 0.15) is 17.8 Å². The summed E-state index contributed by atoms with van der Waals surface area (Å²) >= 11 is 6.27. The molecule has 1 aliphatic heterocycles. The molecule has 9 heteroatoms. The lowest BCUT2D eigenvalue weighted by Crippen LogP contribution is -2.39. The molecule has 1 saturated carbocycles. The Balaban J connectivity index is 1.23. The van der Waals surface area contributed by atoms with Crippen LogP contribution in [0.4, 0.5) is 5.82 Å². The number of H-pyrrole nitrogens is 1. The van der Waals surface area contributed by atoms with Crippen molar-refractivity contribution in [2.75, 3.05) is 25.1 Å². The van der Waals surface area contributed by atoms with Crippen molar-refractivity contribution in [1.82, 2.24) is 20.3 Å². The fraction of sp³-hybridized carbons (Fsp3) is 0.462. The van der Waals surface area contributed by atoms with Gasteiger partial charge in [-0.25, -0.2) is 9.97 Å². The molecule has 1 aliphatic carbocycles. The van der Waals surface area contributed by atoms with E-state index < -0.39 is 0 Å². The highest BCUT2D eigenvalue weighted by molar-refractivity contribution is 6.35. The minimum Gasteiger partial charge on any atom is -0.381 e. The molecule has 2 aliphatic rings. The van der Waals surface area contributed by atoms with Crippen molar-refractivity contribution in [3.63, 3.8) is 0 Å². The first-order chi connectivity index (χ1) is 17.1. The van der Waals surface area contributed by atoms with Crippen LogP contribution in [-0.2, 0) is 9.53 Å². The van der Waals surface area contributed by atoms with Gasteiger partial charge in [-0.2, -0.15) is 0 Å². The van der Waals surface area contributed by atoms with Crippen LogP contribution in [0.2, 0.25) is 5.02 Å². The zero-order valence-electron chi connectivity index (χ0n) is 19.6. The Labute approximate surface area is 209 Å². The first-order valence-corrected chi connectivity index (χ1v) is 12.7. The van der Waals surface area contributed by atoms with Gasteiger partial charge >= 0.3 is 0 Å². The normalized spacial score (nSPS) is 21.1. The van der Waals surface area contributed by atoms with Gasteiger partial charge in [-0.3, -0.25) is 9.59 Å². The van der Waals surface area contributed by atoms with Crippen LogP contribution < -0.4 is 10.6 Å². The lowest BCUT2D eigenvalue weighted by Gasteiger charge is -2.29. The van der Waals surface area contributed by atoms with Crippen molar-refractivity contribution in [3.8, 4) is 0 Å². The number of hydrogen-bond donors (Lipinski definition) is 3. The second-order valence-corrected chi connectivity index (χ2v) is 9.86. The Bertz CT molecular complexity index is 1200. The molecule has 184 valence electrons. The molecular formula is C26H30ClN5O3. The molecular weight excluding hydrogens is 466 g/mol. The highest BCUT2D eigenvalue weighted by Crippen LogP contribution is 2.31. The molecule has 2 aromatic heterocycles. The van der Waals surface area contributed by atoms with E-state index >= 15 is 0 Å². The zero-order valence-corrected chi connectivity index (χ0v) is 20.3. The Morgan fingerprint density at radius 2 is 1.80 bits per heavy atom. The minimum atomic E-state index is -0.176. The number of benzene rings is 1. The van der Waals surface area contributed by atoms with Crippen molar-refractivity contribution in [3.05, 3.63) is 52.9 Å². The second kappa shape index (κ2) is 10.7. The molecule has 3 aromatic rings. The van der Waals surface area contributed by atoms with Crippen LogP contribution in [0, 0.1) is 11.8 Å². The third-order valence-electron chi connectivity index (χ3n) is 7.18. The minimum absolute atomic E-state index is 0.0444. The van der Waals surface area contributed by atoms with Crippen molar-refractivity contribution in [1.29, 1.82) is 0 Å². The van der Waals surface area contributed by atoms with E-state index in [2.05, 4.69) is 25.6 Å². The van der Waals surface area contributed by atoms with Crippen LogP contribution in [0.5, 0.6) is 0 Å². The van der Waals surface area contributed by atoms with Crippen molar-refractivity contribution in [2.45, 2.75) is 44.6 Å². The number of rotatable bonds is 7. The number of hydrogen-bond acceptors (Lipinski definition) is 6. The zero-order chi connectivity index (χ0) is 24.2. The molecule has 0 bridgehead atoms. The average Bonchev–Trinajstić information content (AvgIpc) is 3.33. The monoisotopic (exact) mass is 495 g/mol. The van der Waals surface area contributed by atoms with E-state index in [9.17, 15) is 9.59 Å². The highest BCUT2D eigenvalue weighted by atomic mass is 35.5. The number of ether oxygens (including phenoxy) is 1. The molecule has 3 N–H and O–H groups in total. The molecule has 3 heterocycles. The van der Waals surface area contributed by atoms with E-state index in [4.69, 9.17) is 16.3 Å². The standard InChI is InChI=1S/C26H30ClN5O3/c27-21-4-2-1-3-19(21)23(33)20-14-28-24-22(20)25(31-15-30-24)32-18-7-5-17(6-8-18)26(34)29-13-16-9-11-35-12-10-16/h1-4,14-18H,5-13H2,(H,29,34)(H2,28,30,31,32)/t17-,18+. The third-order valence-corrected chi connectivity index (χ3v) is 7.51. The summed E-state index contributed by atoms with van der Waals surface area (Å²) in [5, 5.41) is 7.74. The van der Waals surface area contributed by atoms with E-state index in [-0.39, 0.29) is 23.7 Å². The summed E-state index contributed by atoms with van der Waals surface area (Å²) in [5.74, 6) is 1.18. The molecule has 8 nitrogen and oxygen atoms in total. The van der Waals surface area contributed by atoms with Crippen LogP contribution in [0.15, 0.2) is 36.8 Å². The molecule has 1 saturated heterocycles. The molecule has 0 spiro atoms. The Morgan fingerprint density at radius 3 is 2.57 bits per heavy atom. The predicted octanol–water partition coefficient (Wildman–Crippen LogP) is 4.36. The van der Waals surface area contributed by atoms with Crippen molar-refractivity contribution < 1.29 is 14.3 Å². The van der Waals surface area contributed by atoms with Crippen LogP contribution >= 0.6 is 11.6 Å². The number of ketones is 1. The fourth-order valence-corrected chi connectivity index (χ4v) is 5.30. The summed E-state index contributed by atoms with van der Waals surface area (Å²) in [6.07, 6.45) is 8.55. The number of fused-ring (bicyclic) bond motifs is 1. The van der Waals surface area contributed by atoms with Gasteiger partial charge in [0.2, 0.25) is 5.91 Å². The SMILES string of the molecule is O=C(c1ccccc1Cl)c1c[nH]c2ncnc(N[C@H]3CC[C@@H](C(=O)NCC4CCOCC4)CC3)c12. The maximum absolute atomic E-state index is 13.2. The third kappa shape index (κ3) is 5.33. The average molecular weight is 496 g/mol. The maximum Gasteiger partial charge on any atom is 0.223 e. The number of aromatic amines is 1. The molecule has 0 unspecified atom stereocenters. The molecule has 5 rings (SSSR count). The van der Waals surface area contributed by atoms with Gasteiger partial charge in [0, 0.05) is 43.5 Å². The van der Waals surface area contributed by atoms with E-state index in [1.54, 1.807) is 30.5 Å². The number of anilines is 1. The molecule has 0 radical (unpaired) electrons. The van der Waals surface area contributed by atoms with E-state index in [0.29, 0.717) is 38.9 Å².